The van der Waals surface area contributed by atoms with E-state index >= 15 is 0 Å². The Kier molecular flexibility index (Phi) is 6.78. The monoisotopic (exact) mass is 460 g/mol. The summed E-state index contributed by atoms with van der Waals surface area (Å²) >= 11 is 8.02. The van der Waals surface area contributed by atoms with Gasteiger partial charge in [-0.05, 0) is 78.0 Å². The first-order valence-electron chi connectivity index (χ1n) is 9.94. The van der Waals surface area contributed by atoms with Gasteiger partial charge in [-0.25, -0.2) is 0 Å². The number of rotatable bonds is 6. The number of benzene rings is 3. The van der Waals surface area contributed by atoms with Crippen molar-refractivity contribution in [3.63, 3.8) is 0 Å². The summed E-state index contributed by atoms with van der Waals surface area (Å²) in [6, 6.07) is 24.6. The van der Waals surface area contributed by atoms with Crippen molar-refractivity contribution in [2.75, 3.05) is 18.7 Å². The molecule has 1 aromatic heterocycles. The third kappa shape index (κ3) is 4.79. The zero-order valence-electron chi connectivity index (χ0n) is 17.6. The second-order valence-electron chi connectivity index (χ2n) is 7.00. The lowest BCUT2D eigenvalue weighted by molar-refractivity contribution is 0.102. The van der Waals surface area contributed by atoms with Gasteiger partial charge in [0.2, 0.25) is 0 Å². The Labute approximate surface area is 196 Å². The number of nitrogens with zero attached hydrogens (tertiary/aromatic N) is 1. The lowest BCUT2D eigenvalue weighted by Gasteiger charge is -2.13. The van der Waals surface area contributed by atoms with Crippen LogP contribution in [0.5, 0.6) is 5.75 Å². The van der Waals surface area contributed by atoms with Gasteiger partial charge in [0.25, 0.3) is 5.91 Å². The number of aromatic nitrogens is 1. The van der Waals surface area contributed by atoms with Gasteiger partial charge >= 0.3 is 0 Å². The van der Waals surface area contributed by atoms with E-state index in [1.54, 1.807) is 37.2 Å². The van der Waals surface area contributed by atoms with E-state index in [1.165, 1.54) is 0 Å². The normalized spacial score (nSPS) is 10.6. The van der Waals surface area contributed by atoms with E-state index in [1.807, 2.05) is 73.0 Å². The maximum absolute atomic E-state index is 13.3. The van der Waals surface area contributed by atoms with Crippen LogP contribution in [-0.2, 0) is 0 Å². The molecule has 0 atom stereocenters. The lowest BCUT2D eigenvalue weighted by Crippen LogP contribution is -2.13. The van der Waals surface area contributed by atoms with Gasteiger partial charge in [-0.3, -0.25) is 9.78 Å². The number of hydrogen-bond donors (Lipinski definition) is 1. The van der Waals surface area contributed by atoms with Crippen molar-refractivity contribution in [2.24, 2.45) is 0 Å². The van der Waals surface area contributed by atoms with Crippen LogP contribution in [0.15, 0.2) is 90.0 Å². The minimum Gasteiger partial charge on any atom is -0.497 e. The van der Waals surface area contributed by atoms with Gasteiger partial charge in [0, 0.05) is 27.9 Å². The number of amides is 1. The van der Waals surface area contributed by atoms with Crippen molar-refractivity contribution in [3.05, 3.63) is 95.6 Å². The third-order valence-electron chi connectivity index (χ3n) is 5.04. The van der Waals surface area contributed by atoms with Gasteiger partial charge in [-0.2, -0.15) is 0 Å². The molecular weight excluding hydrogens is 440 g/mol. The highest BCUT2D eigenvalue weighted by molar-refractivity contribution is 7.98. The molecule has 0 unspecified atom stereocenters. The van der Waals surface area contributed by atoms with Crippen molar-refractivity contribution in [2.45, 2.75) is 4.90 Å². The third-order valence-corrected chi connectivity index (χ3v) is 6.09. The molecule has 3 aromatic carbocycles. The molecule has 1 N–H and O–H groups in total. The number of thioether (sulfide) groups is 1. The molecule has 0 fully saturated rings. The molecule has 0 saturated carbocycles. The van der Waals surface area contributed by atoms with E-state index < -0.39 is 0 Å². The van der Waals surface area contributed by atoms with Crippen molar-refractivity contribution >= 4 is 35.0 Å². The van der Waals surface area contributed by atoms with Gasteiger partial charge in [0.1, 0.15) is 5.75 Å². The highest BCUT2D eigenvalue weighted by Crippen LogP contribution is 2.32. The molecule has 32 heavy (non-hydrogen) atoms. The fraction of sp³-hybridized carbons (Fsp3) is 0.0769. The summed E-state index contributed by atoms with van der Waals surface area (Å²) in [5.74, 6) is 0.571. The van der Waals surface area contributed by atoms with Crippen LogP contribution in [-0.4, -0.2) is 24.3 Å². The Morgan fingerprint density at radius 1 is 0.969 bits per heavy atom. The molecule has 0 aliphatic rings. The summed E-state index contributed by atoms with van der Waals surface area (Å²) < 4.78 is 5.26. The van der Waals surface area contributed by atoms with Crippen molar-refractivity contribution in [1.29, 1.82) is 0 Å². The van der Waals surface area contributed by atoms with Crippen LogP contribution in [0.3, 0.4) is 0 Å². The molecule has 0 spiro atoms. The Morgan fingerprint density at radius 2 is 1.78 bits per heavy atom. The van der Waals surface area contributed by atoms with Crippen LogP contribution in [0.25, 0.3) is 22.4 Å². The van der Waals surface area contributed by atoms with Crippen molar-refractivity contribution in [1.82, 2.24) is 4.98 Å². The molecule has 6 heteroatoms. The Hall–Kier alpha value is -3.28. The van der Waals surface area contributed by atoms with Crippen LogP contribution in [0.1, 0.15) is 10.4 Å². The van der Waals surface area contributed by atoms with Gasteiger partial charge in [-0.1, -0.05) is 29.8 Å². The fourth-order valence-electron chi connectivity index (χ4n) is 3.38. The summed E-state index contributed by atoms with van der Waals surface area (Å²) in [7, 11) is 1.63. The number of methoxy groups -OCH3 is 1. The standard InChI is InChI=1S/C26H21ClN2O2S/c1-31-19-9-6-17(7-10-19)22-16-20(32-2)11-12-21(22)26(30)29-18-8-13-24(27)23(15-18)25-5-3-4-14-28-25/h3-16H,1-2H3,(H,29,30). The number of anilines is 1. The number of carbonyl (C=O) groups is 1. The first-order chi connectivity index (χ1) is 15.6. The molecule has 0 aliphatic heterocycles. The molecule has 4 nitrogen and oxygen atoms in total. The number of nitrogens with one attached hydrogen (secondary N) is 1. The molecule has 4 rings (SSSR count). The summed E-state index contributed by atoms with van der Waals surface area (Å²) in [5.41, 5.74) is 4.54. The SMILES string of the molecule is COc1ccc(-c2cc(SC)ccc2C(=O)Nc2ccc(Cl)c(-c3ccccn3)c2)cc1. The maximum atomic E-state index is 13.3. The van der Waals surface area contributed by atoms with Gasteiger partial charge in [0.05, 0.1) is 17.8 Å². The summed E-state index contributed by atoms with van der Waals surface area (Å²) in [6.07, 6.45) is 3.73. The van der Waals surface area contributed by atoms with Crippen LogP contribution in [0, 0.1) is 0 Å². The molecule has 0 saturated heterocycles. The number of hydrogen-bond acceptors (Lipinski definition) is 4. The predicted molar refractivity (Wildman–Crippen MR) is 133 cm³/mol. The minimum absolute atomic E-state index is 0.197. The van der Waals surface area contributed by atoms with E-state index in [4.69, 9.17) is 16.3 Å². The van der Waals surface area contributed by atoms with Crippen LogP contribution in [0.2, 0.25) is 5.02 Å². The largest absolute Gasteiger partial charge is 0.497 e. The molecule has 160 valence electrons. The van der Waals surface area contributed by atoms with E-state index in [0.717, 1.165) is 33.0 Å². The van der Waals surface area contributed by atoms with Crippen LogP contribution >= 0.6 is 23.4 Å². The number of pyridine rings is 1. The highest BCUT2D eigenvalue weighted by Gasteiger charge is 2.15. The molecule has 0 bridgehead atoms. The second kappa shape index (κ2) is 9.90. The molecular formula is C26H21ClN2O2S. The smallest absolute Gasteiger partial charge is 0.256 e. The second-order valence-corrected chi connectivity index (χ2v) is 8.29. The average Bonchev–Trinajstić information content (AvgIpc) is 2.85. The number of halogens is 1. The van der Waals surface area contributed by atoms with E-state index in [2.05, 4.69) is 10.3 Å². The van der Waals surface area contributed by atoms with Gasteiger partial charge < -0.3 is 10.1 Å². The molecule has 4 aromatic rings. The van der Waals surface area contributed by atoms with Crippen LogP contribution < -0.4 is 10.1 Å². The predicted octanol–water partition coefficient (Wildman–Crippen LogP) is 7.05. The topological polar surface area (TPSA) is 51.2 Å². The summed E-state index contributed by atoms with van der Waals surface area (Å²) in [6.45, 7) is 0. The minimum atomic E-state index is -0.197. The average molecular weight is 461 g/mol. The summed E-state index contributed by atoms with van der Waals surface area (Å²) in [4.78, 5) is 18.7. The lowest BCUT2D eigenvalue weighted by atomic mass is 9.99. The fourth-order valence-corrected chi connectivity index (χ4v) is 4.03. The molecule has 0 aliphatic carbocycles. The van der Waals surface area contributed by atoms with E-state index in [0.29, 0.717) is 16.3 Å². The number of ether oxygens (including phenoxy) is 1. The van der Waals surface area contributed by atoms with Gasteiger partial charge in [0.15, 0.2) is 0 Å². The number of carbonyl (C=O) groups excluding carboxylic acids is 1. The van der Waals surface area contributed by atoms with Crippen molar-refractivity contribution < 1.29 is 9.53 Å². The quantitative estimate of drug-likeness (QED) is 0.313. The van der Waals surface area contributed by atoms with Gasteiger partial charge in [-0.15, -0.1) is 11.8 Å². The Morgan fingerprint density at radius 3 is 2.47 bits per heavy atom. The zero-order chi connectivity index (χ0) is 22.5. The van der Waals surface area contributed by atoms with E-state index in [-0.39, 0.29) is 5.91 Å². The molecule has 1 amide bonds. The highest BCUT2D eigenvalue weighted by atomic mass is 35.5. The van der Waals surface area contributed by atoms with E-state index in [9.17, 15) is 4.79 Å². The maximum Gasteiger partial charge on any atom is 0.256 e. The first-order valence-corrected chi connectivity index (χ1v) is 11.5. The Balaban J connectivity index is 1.68. The zero-order valence-corrected chi connectivity index (χ0v) is 19.2. The molecule has 0 radical (unpaired) electrons. The summed E-state index contributed by atoms with van der Waals surface area (Å²) in [5, 5.41) is 3.58. The van der Waals surface area contributed by atoms with Crippen molar-refractivity contribution in [3.8, 4) is 28.1 Å². The molecule has 1 heterocycles. The van der Waals surface area contributed by atoms with Crippen LogP contribution in [0.4, 0.5) is 5.69 Å². The Bertz CT molecular complexity index is 1240. The first kappa shape index (κ1) is 21.9.